The molecule has 0 fully saturated rings. The Bertz CT molecular complexity index is 878. The van der Waals surface area contributed by atoms with Crippen LogP contribution in [0.4, 0.5) is 5.69 Å². The molecule has 0 spiro atoms. The van der Waals surface area contributed by atoms with Gasteiger partial charge in [0, 0.05) is 11.3 Å². The average molecular weight is 396 g/mol. The molecular weight excluding hydrogens is 378 g/mol. The summed E-state index contributed by atoms with van der Waals surface area (Å²) in [5.41, 5.74) is 3.93. The van der Waals surface area contributed by atoms with E-state index in [1.807, 2.05) is 79.7 Å². The van der Waals surface area contributed by atoms with Crippen LogP contribution in [0.15, 0.2) is 77.3 Å². The van der Waals surface area contributed by atoms with E-state index in [0.717, 1.165) is 26.9 Å². The van der Waals surface area contributed by atoms with Gasteiger partial charge >= 0.3 is 0 Å². The first kappa shape index (κ1) is 17.2. The Balaban J connectivity index is 1.69. The standard InChI is InChI=1S/C21H18BrNO2/c1-15-11-12-20(18(22)13-15)25-14-21(24)23-19-10-6-5-9-17(19)16-7-3-2-4-8-16/h2-13H,14H2,1H3,(H,23,24). The van der Waals surface area contributed by atoms with Gasteiger partial charge in [0.1, 0.15) is 5.75 Å². The number of amides is 1. The van der Waals surface area contributed by atoms with Gasteiger partial charge in [-0.15, -0.1) is 0 Å². The summed E-state index contributed by atoms with van der Waals surface area (Å²) in [5.74, 6) is 0.452. The Morgan fingerprint density at radius 2 is 1.72 bits per heavy atom. The molecule has 3 nitrogen and oxygen atoms in total. The molecule has 1 amide bonds. The van der Waals surface area contributed by atoms with Crippen molar-refractivity contribution in [3.8, 4) is 16.9 Å². The fraction of sp³-hybridized carbons (Fsp3) is 0.0952. The van der Waals surface area contributed by atoms with Gasteiger partial charge in [-0.25, -0.2) is 0 Å². The lowest BCUT2D eigenvalue weighted by Crippen LogP contribution is -2.20. The number of aryl methyl sites for hydroxylation is 1. The molecule has 0 radical (unpaired) electrons. The largest absolute Gasteiger partial charge is 0.483 e. The zero-order valence-electron chi connectivity index (χ0n) is 13.8. The quantitative estimate of drug-likeness (QED) is 0.624. The summed E-state index contributed by atoms with van der Waals surface area (Å²) in [7, 11) is 0. The predicted molar refractivity (Wildman–Crippen MR) is 105 cm³/mol. The smallest absolute Gasteiger partial charge is 0.262 e. The minimum absolute atomic E-state index is 0.0508. The van der Waals surface area contributed by atoms with E-state index < -0.39 is 0 Å². The van der Waals surface area contributed by atoms with E-state index in [1.54, 1.807) is 0 Å². The zero-order valence-corrected chi connectivity index (χ0v) is 15.4. The van der Waals surface area contributed by atoms with Crippen molar-refractivity contribution in [3.63, 3.8) is 0 Å². The third-order valence-electron chi connectivity index (χ3n) is 3.73. The molecule has 4 heteroatoms. The molecule has 3 aromatic rings. The van der Waals surface area contributed by atoms with E-state index >= 15 is 0 Å². The summed E-state index contributed by atoms with van der Waals surface area (Å²) in [6.07, 6.45) is 0. The van der Waals surface area contributed by atoms with Crippen molar-refractivity contribution in [2.45, 2.75) is 6.92 Å². The lowest BCUT2D eigenvalue weighted by Gasteiger charge is -2.12. The van der Waals surface area contributed by atoms with Crippen molar-refractivity contribution >= 4 is 27.5 Å². The number of carbonyl (C=O) groups excluding carboxylic acids is 1. The van der Waals surface area contributed by atoms with E-state index in [-0.39, 0.29) is 12.5 Å². The maximum absolute atomic E-state index is 12.3. The Morgan fingerprint density at radius 1 is 1.00 bits per heavy atom. The summed E-state index contributed by atoms with van der Waals surface area (Å²) >= 11 is 3.45. The lowest BCUT2D eigenvalue weighted by molar-refractivity contribution is -0.118. The van der Waals surface area contributed by atoms with Crippen LogP contribution >= 0.6 is 15.9 Å². The maximum atomic E-state index is 12.3. The summed E-state index contributed by atoms with van der Waals surface area (Å²) in [5, 5.41) is 2.93. The second-order valence-corrected chi connectivity index (χ2v) is 6.54. The van der Waals surface area contributed by atoms with Crippen LogP contribution in [0.2, 0.25) is 0 Å². The second kappa shape index (κ2) is 7.99. The minimum atomic E-state index is -0.198. The maximum Gasteiger partial charge on any atom is 0.262 e. The van der Waals surface area contributed by atoms with Crippen molar-refractivity contribution in [2.24, 2.45) is 0 Å². The number of hydrogen-bond donors (Lipinski definition) is 1. The summed E-state index contributed by atoms with van der Waals surface area (Å²) < 4.78 is 6.45. The molecule has 0 aliphatic heterocycles. The highest BCUT2D eigenvalue weighted by molar-refractivity contribution is 9.10. The number of ether oxygens (including phenoxy) is 1. The molecule has 25 heavy (non-hydrogen) atoms. The van der Waals surface area contributed by atoms with Crippen molar-refractivity contribution < 1.29 is 9.53 Å². The highest BCUT2D eigenvalue weighted by atomic mass is 79.9. The first-order valence-corrected chi connectivity index (χ1v) is 8.76. The van der Waals surface area contributed by atoms with Gasteiger partial charge in [-0.2, -0.15) is 0 Å². The van der Waals surface area contributed by atoms with Crippen LogP contribution in [0.25, 0.3) is 11.1 Å². The lowest BCUT2D eigenvalue weighted by atomic mass is 10.0. The van der Waals surface area contributed by atoms with Gasteiger partial charge in [-0.1, -0.05) is 54.6 Å². The molecule has 0 heterocycles. The third kappa shape index (κ3) is 4.48. The molecule has 0 saturated carbocycles. The van der Waals surface area contributed by atoms with Crippen molar-refractivity contribution in [1.29, 1.82) is 0 Å². The summed E-state index contributed by atoms with van der Waals surface area (Å²) in [4.78, 5) is 12.3. The Labute approximate surface area is 155 Å². The molecule has 0 bridgehead atoms. The van der Waals surface area contributed by atoms with Gasteiger partial charge < -0.3 is 10.1 Å². The average Bonchev–Trinajstić information content (AvgIpc) is 2.62. The molecule has 0 aliphatic rings. The topological polar surface area (TPSA) is 38.3 Å². The van der Waals surface area contributed by atoms with E-state index in [2.05, 4.69) is 21.2 Å². The number of anilines is 1. The molecule has 0 aromatic heterocycles. The van der Waals surface area contributed by atoms with Crippen LogP contribution in [0.3, 0.4) is 0 Å². The zero-order chi connectivity index (χ0) is 17.6. The molecule has 126 valence electrons. The Morgan fingerprint density at radius 3 is 2.48 bits per heavy atom. The van der Waals surface area contributed by atoms with Crippen LogP contribution in [0.5, 0.6) is 5.75 Å². The van der Waals surface area contributed by atoms with Crippen LogP contribution in [-0.4, -0.2) is 12.5 Å². The first-order valence-electron chi connectivity index (χ1n) is 7.97. The van der Waals surface area contributed by atoms with E-state index in [1.165, 1.54) is 0 Å². The van der Waals surface area contributed by atoms with Crippen LogP contribution in [-0.2, 0) is 4.79 Å². The van der Waals surface area contributed by atoms with Crippen LogP contribution in [0, 0.1) is 6.92 Å². The summed E-state index contributed by atoms with van der Waals surface area (Å²) in [6, 6.07) is 23.5. The van der Waals surface area contributed by atoms with Crippen molar-refractivity contribution in [1.82, 2.24) is 0 Å². The SMILES string of the molecule is Cc1ccc(OCC(=O)Nc2ccccc2-c2ccccc2)c(Br)c1. The molecule has 0 aliphatic carbocycles. The molecule has 1 N–H and O–H groups in total. The number of rotatable bonds is 5. The fourth-order valence-corrected chi connectivity index (χ4v) is 3.12. The molecule has 0 atom stereocenters. The van der Waals surface area contributed by atoms with E-state index in [9.17, 15) is 4.79 Å². The number of carbonyl (C=O) groups is 1. The number of benzene rings is 3. The van der Waals surface area contributed by atoms with Gasteiger partial charge in [0.2, 0.25) is 0 Å². The fourth-order valence-electron chi connectivity index (χ4n) is 2.51. The van der Waals surface area contributed by atoms with E-state index in [0.29, 0.717) is 5.75 Å². The van der Waals surface area contributed by atoms with Crippen molar-refractivity contribution in [2.75, 3.05) is 11.9 Å². The minimum Gasteiger partial charge on any atom is -0.483 e. The Kier molecular flexibility index (Phi) is 5.51. The normalized spacial score (nSPS) is 10.3. The second-order valence-electron chi connectivity index (χ2n) is 5.68. The monoisotopic (exact) mass is 395 g/mol. The van der Waals surface area contributed by atoms with Gasteiger partial charge in [-0.05, 0) is 52.2 Å². The van der Waals surface area contributed by atoms with E-state index in [4.69, 9.17) is 4.74 Å². The molecular formula is C21H18BrNO2. The van der Waals surface area contributed by atoms with Crippen LogP contribution in [0.1, 0.15) is 5.56 Å². The molecule has 0 unspecified atom stereocenters. The van der Waals surface area contributed by atoms with Gasteiger partial charge in [0.15, 0.2) is 6.61 Å². The third-order valence-corrected chi connectivity index (χ3v) is 4.35. The number of halogens is 1. The number of para-hydroxylation sites is 1. The highest BCUT2D eigenvalue weighted by Crippen LogP contribution is 2.28. The highest BCUT2D eigenvalue weighted by Gasteiger charge is 2.10. The first-order chi connectivity index (χ1) is 12.1. The molecule has 3 rings (SSSR count). The van der Waals surface area contributed by atoms with Crippen molar-refractivity contribution in [3.05, 3.63) is 82.8 Å². The molecule has 3 aromatic carbocycles. The van der Waals surface area contributed by atoms with Crippen LogP contribution < -0.4 is 10.1 Å². The Hall–Kier alpha value is -2.59. The number of hydrogen-bond acceptors (Lipinski definition) is 2. The predicted octanol–water partition coefficient (Wildman–Crippen LogP) is 5.44. The van der Waals surface area contributed by atoms with Gasteiger partial charge in [0.05, 0.1) is 4.47 Å². The molecule has 0 saturated heterocycles. The van der Waals surface area contributed by atoms with Gasteiger partial charge in [-0.3, -0.25) is 4.79 Å². The summed E-state index contributed by atoms with van der Waals surface area (Å²) in [6.45, 7) is 1.95. The van der Waals surface area contributed by atoms with Gasteiger partial charge in [0.25, 0.3) is 5.91 Å². The number of nitrogens with one attached hydrogen (secondary N) is 1.